The van der Waals surface area contributed by atoms with Crippen molar-refractivity contribution in [2.75, 3.05) is 0 Å². The summed E-state index contributed by atoms with van der Waals surface area (Å²) in [6.07, 6.45) is 0. The van der Waals surface area contributed by atoms with Crippen LogP contribution in [-0.4, -0.2) is 9.97 Å². The van der Waals surface area contributed by atoms with Crippen LogP contribution in [0.2, 0.25) is 0 Å². The van der Waals surface area contributed by atoms with Crippen molar-refractivity contribution < 1.29 is 0 Å². The molecular formula is C58H40N2. The third-order valence-electron chi connectivity index (χ3n) is 12.5. The molecule has 0 saturated heterocycles. The third-order valence-corrected chi connectivity index (χ3v) is 12.5. The fraction of sp³-hybridized carbons (Fsp3) is 0.0345. The highest BCUT2D eigenvalue weighted by molar-refractivity contribution is 5.97. The van der Waals surface area contributed by atoms with Gasteiger partial charge in [-0.3, -0.25) is 0 Å². The molecule has 11 rings (SSSR count). The van der Waals surface area contributed by atoms with Crippen LogP contribution < -0.4 is 0 Å². The fourth-order valence-corrected chi connectivity index (χ4v) is 10.1. The van der Waals surface area contributed by atoms with Crippen LogP contribution in [0.4, 0.5) is 0 Å². The lowest BCUT2D eigenvalue weighted by Crippen LogP contribution is -2.54. The van der Waals surface area contributed by atoms with Gasteiger partial charge in [-0.1, -0.05) is 224 Å². The highest BCUT2D eigenvalue weighted by Gasteiger charge is 2.61. The first-order chi connectivity index (χ1) is 29.8. The molecule has 0 spiro atoms. The van der Waals surface area contributed by atoms with Gasteiger partial charge >= 0.3 is 0 Å². The first kappa shape index (κ1) is 35.5. The first-order valence-corrected chi connectivity index (χ1v) is 20.7. The van der Waals surface area contributed by atoms with E-state index in [1.807, 2.05) is 24.3 Å². The van der Waals surface area contributed by atoms with Gasteiger partial charge < -0.3 is 0 Å². The van der Waals surface area contributed by atoms with E-state index in [-0.39, 0.29) is 0 Å². The van der Waals surface area contributed by atoms with Gasteiger partial charge in [0, 0.05) is 16.5 Å². The second kappa shape index (κ2) is 14.6. The molecule has 0 unspecified atom stereocenters. The average Bonchev–Trinajstić information content (AvgIpc) is 3.34. The molecule has 0 N–H and O–H groups in total. The molecule has 9 aromatic carbocycles. The molecule has 0 atom stereocenters. The van der Waals surface area contributed by atoms with Crippen molar-refractivity contribution in [3.63, 3.8) is 0 Å². The number of aromatic nitrogens is 2. The Balaban J connectivity index is 1.22. The predicted molar refractivity (Wildman–Crippen MR) is 247 cm³/mol. The zero-order valence-corrected chi connectivity index (χ0v) is 33.0. The van der Waals surface area contributed by atoms with Crippen molar-refractivity contribution in [1.29, 1.82) is 0 Å². The molecule has 10 aromatic rings. The summed E-state index contributed by atoms with van der Waals surface area (Å²) in [6, 6.07) is 88.3. The van der Waals surface area contributed by atoms with E-state index in [1.54, 1.807) is 0 Å². The van der Waals surface area contributed by atoms with Gasteiger partial charge in [0.25, 0.3) is 0 Å². The highest BCUT2D eigenvalue weighted by Crippen LogP contribution is 2.65. The number of fused-ring (bicyclic) bond motifs is 4. The number of hydrogen-bond donors (Lipinski definition) is 0. The van der Waals surface area contributed by atoms with E-state index in [4.69, 9.17) is 9.97 Å². The smallest absolute Gasteiger partial charge is 0.160 e. The summed E-state index contributed by atoms with van der Waals surface area (Å²) in [4.78, 5) is 10.4. The van der Waals surface area contributed by atoms with Gasteiger partial charge in [0.1, 0.15) is 0 Å². The molecule has 2 heteroatoms. The lowest BCUT2D eigenvalue weighted by Gasteiger charge is -2.57. The third kappa shape index (κ3) is 5.42. The minimum atomic E-state index is -0.688. The molecule has 1 heterocycles. The van der Waals surface area contributed by atoms with Crippen molar-refractivity contribution in [2.24, 2.45) is 0 Å². The monoisotopic (exact) mass is 764 g/mol. The van der Waals surface area contributed by atoms with Crippen molar-refractivity contribution in [1.82, 2.24) is 9.97 Å². The van der Waals surface area contributed by atoms with E-state index in [9.17, 15) is 0 Å². The SMILES string of the molecule is c1ccc(-c2nc(-c3ccccc3)c3ccc(-c4ccc5c(c4)-c4ccccc4C(c4ccccc4)(c4ccccc4)C5(c4ccccc4)c4ccccc4)cc3n2)cc1. The Kier molecular flexibility index (Phi) is 8.64. The summed E-state index contributed by atoms with van der Waals surface area (Å²) >= 11 is 0. The van der Waals surface area contributed by atoms with Crippen LogP contribution in [0.25, 0.3) is 55.8 Å². The van der Waals surface area contributed by atoms with Crippen molar-refractivity contribution in [2.45, 2.75) is 10.8 Å². The molecule has 2 nitrogen and oxygen atoms in total. The summed E-state index contributed by atoms with van der Waals surface area (Å²) in [5.41, 5.74) is 14.7. The van der Waals surface area contributed by atoms with Gasteiger partial charge in [0.05, 0.1) is 22.0 Å². The molecular weight excluding hydrogens is 725 g/mol. The summed E-state index contributed by atoms with van der Waals surface area (Å²) in [7, 11) is 0. The predicted octanol–water partition coefficient (Wildman–Crippen LogP) is 14.0. The molecule has 0 aliphatic heterocycles. The lowest BCUT2D eigenvalue weighted by atomic mass is 9.43. The van der Waals surface area contributed by atoms with Crippen LogP contribution in [0, 0.1) is 0 Å². The van der Waals surface area contributed by atoms with E-state index in [0.717, 1.165) is 38.9 Å². The molecule has 0 amide bonds. The minimum absolute atomic E-state index is 0.662. The van der Waals surface area contributed by atoms with Crippen LogP contribution in [0.15, 0.2) is 243 Å². The lowest BCUT2D eigenvalue weighted by molar-refractivity contribution is 0.415. The molecule has 1 aliphatic rings. The van der Waals surface area contributed by atoms with E-state index >= 15 is 0 Å². The van der Waals surface area contributed by atoms with Gasteiger partial charge in [-0.2, -0.15) is 0 Å². The Morgan fingerprint density at radius 3 is 1.23 bits per heavy atom. The van der Waals surface area contributed by atoms with Crippen molar-refractivity contribution >= 4 is 10.9 Å². The van der Waals surface area contributed by atoms with E-state index in [2.05, 4.69) is 218 Å². The molecule has 60 heavy (non-hydrogen) atoms. The molecule has 0 radical (unpaired) electrons. The van der Waals surface area contributed by atoms with E-state index in [1.165, 1.54) is 44.5 Å². The number of benzene rings is 9. The van der Waals surface area contributed by atoms with Crippen LogP contribution in [0.3, 0.4) is 0 Å². The van der Waals surface area contributed by atoms with Gasteiger partial charge in [-0.05, 0) is 73.8 Å². The standard InChI is InChI=1S/C58H40N2/c1-7-21-41(22-8-1)55-50-37-35-44(40-54(50)59-56(60-55)42-23-9-2-10-24-42)43-36-38-53-51(39-43)49-33-19-20-34-52(49)57(45-25-11-3-12-26-45,46-27-13-4-14-28-46)58(53,47-29-15-5-16-30-47)48-31-17-6-18-32-48/h1-40H. The normalized spacial score (nSPS) is 13.6. The number of nitrogens with zero attached hydrogens (tertiary/aromatic N) is 2. The first-order valence-electron chi connectivity index (χ1n) is 20.7. The molecule has 0 saturated carbocycles. The second-order valence-corrected chi connectivity index (χ2v) is 15.6. The quantitative estimate of drug-likeness (QED) is 0.162. The van der Waals surface area contributed by atoms with Crippen molar-refractivity contribution in [3.05, 3.63) is 276 Å². The largest absolute Gasteiger partial charge is 0.228 e. The highest BCUT2D eigenvalue weighted by atomic mass is 14.9. The van der Waals surface area contributed by atoms with Crippen molar-refractivity contribution in [3.8, 4) is 44.9 Å². The molecule has 282 valence electrons. The maximum atomic E-state index is 5.22. The molecule has 1 aliphatic carbocycles. The zero-order valence-electron chi connectivity index (χ0n) is 33.0. The zero-order chi connectivity index (χ0) is 39.9. The summed E-state index contributed by atoms with van der Waals surface area (Å²) in [5, 5.41) is 1.02. The Labute approximate surface area is 351 Å². The molecule has 1 aromatic heterocycles. The molecule has 0 fully saturated rings. The minimum Gasteiger partial charge on any atom is -0.228 e. The number of hydrogen-bond acceptors (Lipinski definition) is 2. The Bertz CT molecular complexity index is 3030. The average molecular weight is 765 g/mol. The van der Waals surface area contributed by atoms with Crippen LogP contribution in [0.5, 0.6) is 0 Å². The Hall–Kier alpha value is -7.68. The Morgan fingerprint density at radius 2 is 0.700 bits per heavy atom. The summed E-state index contributed by atoms with van der Waals surface area (Å²) in [5.74, 6) is 0.715. The maximum absolute atomic E-state index is 5.22. The van der Waals surface area contributed by atoms with Crippen LogP contribution in [0.1, 0.15) is 33.4 Å². The molecule has 0 bridgehead atoms. The van der Waals surface area contributed by atoms with E-state index in [0.29, 0.717) is 5.82 Å². The topological polar surface area (TPSA) is 25.8 Å². The Morgan fingerprint density at radius 1 is 0.283 bits per heavy atom. The van der Waals surface area contributed by atoms with E-state index < -0.39 is 10.8 Å². The van der Waals surface area contributed by atoms with Gasteiger partial charge in [-0.25, -0.2) is 9.97 Å². The van der Waals surface area contributed by atoms with Crippen LogP contribution in [-0.2, 0) is 10.8 Å². The second-order valence-electron chi connectivity index (χ2n) is 15.6. The summed E-state index contributed by atoms with van der Waals surface area (Å²) in [6.45, 7) is 0. The fourth-order valence-electron chi connectivity index (χ4n) is 10.1. The van der Waals surface area contributed by atoms with Crippen LogP contribution >= 0.6 is 0 Å². The van der Waals surface area contributed by atoms with Gasteiger partial charge in [0.15, 0.2) is 5.82 Å². The summed E-state index contributed by atoms with van der Waals surface area (Å²) < 4.78 is 0. The van der Waals surface area contributed by atoms with Gasteiger partial charge in [-0.15, -0.1) is 0 Å². The number of rotatable bonds is 7. The maximum Gasteiger partial charge on any atom is 0.160 e. The van der Waals surface area contributed by atoms with Gasteiger partial charge in [0.2, 0.25) is 0 Å².